The van der Waals surface area contributed by atoms with E-state index in [9.17, 15) is 26.8 Å². The number of carbonyl (C=O) groups is 2. The monoisotopic (exact) mass is 346 g/mol. The molecule has 126 valence electrons. The van der Waals surface area contributed by atoms with E-state index in [1.807, 2.05) is 0 Å². The molecule has 1 saturated heterocycles. The summed E-state index contributed by atoms with van der Waals surface area (Å²) >= 11 is 0. The third kappa shape index (κ3) is 4.47. The van der Waals surface area contributed by atoms with Crippen molar-refractivity contribution >= 4 is 27.3 Å². The molecule has 2 amide bonds. The minimum atomic E-state index is -3.15. The number of hydrogen-bond acceptors (Lipinski definition) is 4. The van der Waals surface area contributed by atoms with Gasteiger partial charge in [0.25, 0.3) is 0 Å². The molecule has 23 heavy (non-hydrogen) atoms. The normalized spacial score (nSPS) is 19.3. The molecule has 0 saturated carbocycles. The first-order valence-electron chi connectivity index (χ1n) is 6.91. The minimum absolute atomic E-state index is 0.000952. The molecular formula is C14H16F2N2O4S. The van der Waals surface area contributed by atoms with Gasteiger partial charge in [0.2, 0.25) is 11.8 Å². The average Bonchev–Trinajstić information content (AvgIpc) is 2.75. The van der Waals surface area contributed by atoms with Crippen molar-refractivity contribution in [1.29, 1.82) is 0 Å². The number of carbonyl (C=O) groups excluding carboxylic acids is 2. The number of rotatable bonds is 4. The van der Waals surface area contributed by atoms with E-state index in [0.717, 1.165) is 24.0 Å². The SMILES string of the molecule is CC(=O)N(CC(=O)NC1CCS(=O)(=O)C1)c1ccc(F)cc1F. The first-order chi connectivity index (χ1) is 10.7. The first-order valence-corrected chi connectivity index (χ1v) is 8.73. The molecule has 1 aliphatic heterocycles. The van der Waals surface area contributed by atoms with E-state index in [-0.39, 0.29) is 17.2 Å². The highest BCUT2D eigenvalue weighted by Gasteiger charge is 2.29. The number of nitrogens with zero attached hydrogens (tertiary/aromatic N) is 1. The maximum atomic E-state index is 13.8. The van der Waals surface area contributed by atoms with Crippen molar-refractivity contribution in [3.05, 3.63) is 29.8 Å². The van der Waals surface area contributed by atoms with Crippen LogP contribution in [0.1, 0.15) is 13.3 Å². The number of amides is 2. The van der Waals surface area contributed by atoms with Crippen molar-refractivity contribution in [2.45, 2.75) is 19.4 Å². The molecule has 2 rings (SSSR count). The topological polar surface area (TPSA) is 83.6 Å². The summed E-state index contributed by atoms with van der Waals surface area (Å²) in [6.45, 7) is 0.671. The molecule has 1 aromatic rings. The van der Waals surface area contributed by atoms with Gasteiger partial charge in [-0.05, 0) is 18.6 Å². The third-order valence-corrected chi connectivity index (χ3v) is 5.25. The molecule has 1 fully saturated rings. The summed E-state index contributed by atoms with van der Waals surface area (Å²) in [5, 5.41) is 2.51. The molecule has 1 atom stereocenters. The summed E-state index contributed by atoms with van der Waals surface area (Å²) in [5.41, 5.74) is -0.215. The minimum Gasteiger partial charge on any atom is -0.351 e. The molecular weight excluding hydrogens is 330 g/mol. The summed E-state index contributed by atoms with van der Waals surface area (Å²) in [6, 6.07) is 2.15. The molecule has 0 aliphatic carbocycles. The van der Waals surface area contributed by atoms with E-state index in [0.29, 0.717) is 12.5 Å². The van der Waals surface area contributed by atoms with Crippen LogP contribution in [0.4, 0.5) is 14.5 Å². The third-order valence-electron chi connectivity index (χ3n) is 3.48. The van der Waals surface area contributed by atoms with Crippen LogP contribution in [0.3, 0.4) is 0 Å². The van der Waals surface area contributed by atoms with E-state index >= 15 is 0 Å². The van der Waals surface area contributed by atoms with Gasteiger partial charge in [-0.25, -0.2) is 17.2 Å². The van der Waals surface area contributed by atoms with Crippen LogP contribution in [-0.2, 0) is 19.4 Å². The number of anilines is 1. The fourth-order valence-electron chi connectivity index (χ4n) is 2.39. The van der Waals surface area contributed by atoms with Crippen molar-refractivity contribution in [1.82, 2.24) is 5.32 Å². The molecule has 0 bridgehead atoms. The summed E-state index contributed by atoms with van der Waals surface area (Å²) in [6.07, 6.45) is 0.305. The van der Waals surface area contributed by atoms with E-state index in [1.165, 1.54) is 0 Å². The summed E-state index contributed by atoms with van der Waals surface area (Å²) in [7, 11) is -3.15. The van der Waals surface area contributed by atoms with Crippen molar-refractivity contribution < 1.29 is 26.8 Å². The van der Waals surface area contributed by atoms with Gasteiger partial charge in [-0.2, -0.15) is 0 Å². The van der Waals surface area contributed by atoms with Crippen LogP contribution < -0.4 is 10.2 Å². The predicted octanol–water partition coefficient (Wildman–Crippen LogP) is 0.621. The number of benzene rings is 1. The lowest BCUT2D eigenvalue weighted by atomic mass is 10.2. The number of sulfone groups is 1. The Labute approximate surface area is 132 Å². The summed E-state index contributed by atoms with van der Waals surface area (Å²) in [5.74, 6) is -3.10. The van der Waals surface area contributed by atoms with Crippen molar-refractivity contribution in [2.75, 3.05) is 23.0 Å². The Morgan fingerprint density at radius 2 is 2.04 bits per heavy atom. The highest BCUT2D eigenvalue weighted by Crippen LogP contribution is 2.20. The number of nitrogens with one attached hydrogen (secondary N) is 1. The molecule has 1 unspecified atom stereocenters. The molecule has 0 radical (unpaired) electrons. The first kappa shape index (κ1) is 17.3. The van der Waals surface area contributed by atoms with Gasteiger partial charge in [-0.1, -0.05) is 0 Å². The van der Waals surface area contributed by atoms with Gasteiger partial charge in [0.15, 0.2) is 9.84 Å². The molecule has 1 aliphatic rings. The van der Waals surface area contributed by atoms with E-state index < -0.39 is 45.9 Å². The fraction of sp³-hybridized carbons (Fsp3) is 0.429. The van der Waals surface area contributed by atoms with Gasteiger partial charge in [0.05, 0.1) is 17.2 Å². The van der Waals surface area contributed by atoms with Crippen LogP contribution >= 0.6 is 0 Å². The molecule has 1 N–H and O–H groups in total. The lowest BCUT2D eigenvalue weighted by Crippen LogP contribution is -2.44. The van der Waals surface area contributed by atoms with E-state index in [2.05, 4.69) is 5.32 Å². The maximum absolute atomic E-state index is 13.8. The van der Waals surface area contributed by atoms with Crippen molar-refractivity contribution in [2.24, 2.45) is 0 Å². The predicted molar refractivity (Wildman–Crippen MR) is 79.6 cm³/mol. The standard InChI is InChI=1S/C14H16F2N2O4S/c1-9(19)18(13-3-2-10(15)6-12(13)16)7-14(20)17-11-4-5-23(21,22)8-11/h2-3,6,11H,4-5,7-8H2,1H3,(H,17,20). The largest absolute Gasteiger partial charge is 0.351 e. The second kappa shape index (κ2) is 6.61. The van der Waals surface area contributed by atoms with Crippen LogP contribution in [0.5, 0.6) is 0 Å². The second-order valence-electron chi connectivity index (χ2n) is 5.37. The van der Waals surface area contributed by atoms with Gasteiger partial charge < -0.3 is 10.2 Å². The van der Waals surface area contributed by atoms with Crippen molar-refractivity contribution in [3.63, 3.8) is 0 Å². The highest BCUT2D eigenvalue weighted by molar-refractivity contribution is 7.91. The number of halogens is 2. The lowest BCUT2D eigenvalue weighted by Gasteiger charge is -2.22. The zero-order valence-corrected chi connectivity index (χ0v) is 13.2. The Morgan fingerprint density at radius 1 is 1.35 bits per heavy atom. The van der Waals surface area contributed by atoms with Crippen molar-refractivity contribution in [3.8, 4) is 0 Å². The molecule has 1 heterocycles. The number of hydrogen-bond donors (Lipinski definition) is 1. The highest BCUT2D eigenvalue weighted by atomic mass is 32.2. The smallest absolute Gasteiger partial charge is 0.240 e. The Balaban J connectivity index is 2.08. The Kier molecular flexibility index (Phi) is 4.98. The van der Waals surface area contributed by atoms with Gasteiger partial charge in [0, 0.05) is 19.0 Å². The Bertz CT molecular complexity index is 736. The molecule has 0 spiro atoms. The second-order valence-corrected chi connectivity index (χ2v) is 7.60. The summed E-state index contributed by atoms with van der Waals surface area (Å²) < 4.78 is 49.4. The molecule has 9 heteroatoms. The molecule has 0 aromatic heterocycles. The molecule has 1 aromatic carbocycles. The van der Waals surface area contributed by atoms with Crippen LogP contribution in [0.25, 0.3) is 0 Å². The lowest BCUT2D eigenvalue weighted by molar-refractivity contribution is -0.123. The zero-order valence-electron chi connectivity index (χ0n) is 12.4. The van der Waals surface area contributed by atoms with Gasteiger partial charge >= 0.3 is 0 Å². The summed E-state index contributed by atoms with van der Waals surface area (Å²) in [4.78, 5) is 24.5. The van der Waals surface area contributed by atoms with Gasteiger partial charge in [-0.15, -0.1) is 0 Å². The van der Waals surface area contributed by atoms with Crippen LogP contribution in [0.2, 0.25) is 0 Å². The Hall–Kier alpha value is -2.03. The van der Waals surface area contributed by atoms with Gasteiger partial charge in [0.1, 0.15) is 18.2 Å². The maximum Gasteiger partial charge on any atom is 0.240 e. The van der Waals surface area contributed by atoms with Crippen LogP contribution in [-0.4, -0.2) is 44.3 Å². The zero-order chi connectivity index (χ0) is 17.2. The molecule has 6 nitrogen and oxygen atoms in total. The average molecular weight is 346 g/mol. The van der Waals surface area contributed by atoms with Crippen LogP contribution in [0.15, 0.2) is 18.2 Å². The Morgan fingerprint density at radius 3 is 2.57 bits per heavy atom. The van der Waals surface area contributed by atoms with E-state index in [1.54, 1.807) is 0 Å². The van der Waals surface area contributed by atoms with E-state index in [4.69, 9.17) is 0 Å². The fourth-order valence-corrected chi connectivity index (χ4v) is 4.07. The quantitative estimate of drug-likeness (QED) is 0.866. The van der Waals surface area contributed by atoms with Crippen LogP contribution in [0, 0.1) is 11.6 Å². The van der Waals surface area contributed by atoms with Gasteiger partial charge in [-0.3, -0.25) is 9.59 Å².